The summed E-state index contributed by atoms with van der Waals surface area (Å²) in [5.41, 5.74) is 0.257. The number of hydrogen-bond acceptors (Lipinski definition) is 4. The number of carbonyl (C=O) groups excluding carboxylic acids is 1. The molecule has 0 unspecified atom stereocenters. The van der Waals surface area contributed by atoms with E-state index in [-0.39, 0.29) is 22.4 Å². The summed E-state index contributed by atoms with van der Waals surface area (Å²) in [5, 5.41) is 0.886. The van der Waals surface area contributed by atoms with E-state index < -0.39 is 0 Å². The minimum Gasteiger partial charge on any atom is -0.493 e. The van der Waals surface area contributed by atoms with Crippen LogP contribution in [0.3, 0.4) is 0 Å². The van der Waals surface area contributed by atoms with Crippen LogP contribution in [-0.4, -0.2) is 12.4 Å². The van der Waals surface area contributed by atoms with E-state index in [1.165, 1.54) is 6.07 Å². The Morgan fingerprint density at radius 3 is 2.64 bits per heavy atom. The van der Waals surface area contributed by atoms with E-state index >= 15 is 0 Å². The fourth-order valence-corrected chi connectivity index (χ4v) is 5.79. The van der Waals surface area contributed by atoms with Gasteiger partial charge in [0.1, 0.15) is 17.1 Å². The lowest BCUT2D eigenvalue weighted by molar-refractivity contribution is -0.151. The predicted octanol–water partition coefficient (Wildman–Crippen LogP) is 5.23. The minimum absolute atomic E-state index is 0.00838. The number of ether oxygens (including phenoxy) is 1. The molecule has 150 valence electrons. The van der Waals surface area contributed by atoms with Gasteiger partial charge >= 0.3 is 5.63 Å². The van der Waals surface area contributed by atoms with E-state index in [2.05, 4.69) is 27.7 Å². The van der Waals surface area contributed by atoms with E-state index in [4.69, 9.17) is 9.15 Å². The average Bonchev–Trinajstić information content (AvgIpc) is 2.67. The molecule has 2 aliphatic rings. The lowest BCUT2D eigenvalue weighted by Crippen LogP contribution is -2.56. The van der Waals surface area contributed by atoms with Crippen molar-refractivity contribution in [1.29, 1.82) is 0 Å². The molecule has 4 rings (SSSR count). The molecule has 1 aromatic carbocycles. The molecule has 0 N–H and O–H groups in total. The minimum atomic E-state index is -0.353. The lowest BCUT2D eigenvalue weighted by Gasteiger charge is -2.59. The van der Waals surface area contributed by atoms with Gasteiger partial charge in [-0.05, 0) is 54.7 Å². The van der Waals surface area contributed by atoms with Crippen molar-refractivity contribution >= 4 is 16.8 Å². The fourth-order valence-electron chi connectivity index (χ4n) is 5.79. The molecule has 28 heavy (non-hydrogen) atoms. The van der Waals surface area contributed by atoms with Crippen LogP contribution in [0.1, 0.15) is 53.4 Å². The van der Waals surface area contributed by atoms with Gasteiger partial charge in [0.2, 0.25) is 0 Å². The summed E-state index contributed by atoms with van der Waals surface area (Å²) >= 11 is 0. The van der Waals surface area contributed by atoms with Crippen molar-refractivity contribution in [3.8, 4) is 5.75 Å². The molecule has 1 heterocycles. The van der Waals surface area contributed by atoms with Crippen molar-refractivity contribution < 1.29 is 13.9 Å². The molecule has 4 heteroatoms. The van der Waals surface area contributed by atoms with Crippen LogP contribution in [-0.2, 0) is 4.79 Å². The van der Waals surface area contributed by atoms with E-state index in [1.807, 2.05) is 12.1 Å². The summed E-state index contributed by atoms with van der Waals surface area (Å²) in [7, 11) is 0. The average molecular weight is 383 g/mol. The van der Waals surface area contributed by atoms with Crippen LogP contribution in [0.2, 0.25) is 0 Å². The molecule has 0 amide bonds. The molecule has 0 aliphatic heterocycles. The van der Waals surface area contributed by atoms with Gasteiger partial charge in [-0.2, -0.15) is 0 Å². The molecule has 2 aromatic rings. The van der Waals surface area contributed by atoms with Crippen molar-refractivity contribution in [1.82, 2.24) is 0 Å². The third kappa shape index (κ3) is 2.98. The molecule has 2 fully saturated rings. The van der Waals surface area contributed by atoms with Crippen molar-refractivity contribution in [3.63, 3.8) is 0 Å². The van der Waals surface area contributed by atoms with Gasteiger partial charge in [-0.3, -0.25) is 4.79 Å². The van der Waals surface area contributed by atoms with E-state index in [0.29, 0.717) is 36.2 Å². The van der Waals surface area contributed by atoms with Gasteiger partial charge in [0.15, 0.2) is 0 Å². The topological polar surface area (TPSA) is 56.5 Å². The van der Waals surface area contributed by atoms with Crippen LogP contribution >= 0.6 is 0 Å². The summed E-state index contributed by atoms with van der Waals surface area (Å²) < 4.78 is 11.6. The SMILES string of the molecule is C[C@@H]1C(=O)CC[C@@H]2[C@](C)(COc3ccc4ccc(=O)oc4c3)[C@@H](C)CC[C@]21C. The van der Waals surface area contributed by atoms with Crippen LogP contribution in [0.15, 0.2) is 39.5 Å². The summed E-state index contributed by atoms with van der Waals surface area (Å²) in [4.78, 5) is 23.9. The van der Waals surface area contributed by atoms with Crippen molar-refractivity contribution in [2.24, 2.45) is 28.6 Å². The molecule has 2 saturated carbocycles. The second kappa shape index (κ2) is 6.75. The molecular weight excluding hydrogens is 352 g/mol. The van der Waals surface area contributed by atoms with Gasteiger partial charge in [-0.15, -0.1) is 0 Å². The van der Waals surface area contributed by atoms with Gasteiger partial charge in [-0.25, -0.2) is 4.79 Å². The number of carbonyl (C=O) groups is 1. The maximum Gasteiger partial charge on any atom is 0.336 e. The zero-order valence-corrected chi connectivity index (χ0v) is 17.3. The van der Waals surface area contributed by atoms with Crippen LogP contribution in [0.5, 0.6) is 5.75 Å². The molecule has 5 atom stereocenters. The Balaban J connectivity index is 1.60. The van der Waals surface area contributed by atoms with Crippen LogP contribution in [0.25, 0.3) is 11.0 Å². The quantitative estimate of drug-likeness (QED) is 0.682. The molecule has 0 saturated heterocycles. The third-order valence-electron chi connectivity index (χ3n) is 8.13. The fraction of sp³-hybridized carbons (Fsp3) is 0.583. The Kier molecular flexibility index (Phi) is 4.64. The first-order valence-electron chi connectivity index (χ1n) is 10.4. The number of ketones is 1. The first kappa shape index (κ1) is 19.2. The first-order valence-corrected chi connectivity index (χ1v) is 10.4. The number of Topliss-reactive ketones (excluding diaryl/α,β-unsaturated/α-hetero) is 1. The van der Waals surface area contributed by atoms with E-state index in [1.54, 1.807) is 12.1 Å². The lowest BCUT2D eigenvalue weighted by atomic mass is 9.45. The third-order valence-corrected chi connectivity index (χ3v) is 8.13. The van der Waals surface area contributed by atoms with Crippen LogP contribution in [0, 0.1) is 28.6 Å². The molecule has 0 radical (unpaired) electrons. The highest BCUT2D eigenvalue weighted by Crippen LogP contribution is 2.61. The monoisotopic (exact) mass is 382 g/mol. The number of fused-ring (bicyclic) bond motifs is 2. The highest BCUT2D eigenvalue weighted by molar-refractivity contribution is 5.82. The Labute approximate surface area is 166 Å². The van der Waals surface area contributed by atoms with Gasteiger partial charge in [0.05, 0.1) is 6.61 Å². The Morgan fingerprint density at radius 2 is 1.86 bits per heavy atom. The zero-order valence-electron chi connectivity index (χ0n) is 17.3. The molecular formula is C24H30O4. The summed E-state index contributed by atoms with van der Waals surface area (Å²) in [6.45, 7) is 9.70. The van der Waals surface area contributed by atoms with Gasteiger partial charge < -0.3 is 9.15 Å². The maximum absolute atomic E-state index is 12.4. The Hall–Kier alpha value is -2.10. The summed E-state index contributed by atoms with van der Waals surface area (Å²) in [5.74, 6) is 2.26. The number of rotatable bonds is 3. The van der Waals surface area contributed by atoms with Gasteiger partial charge in [-0.1, -0.05) is 27.7 Å². The predicted molar refractivity (Wildman–Crippen MR) is 109 cm³/mol. The van der Waals surface area contributed by atoms with Gasteiger partial charge in [0.25, 0.3) is 0 Å². The first-order chi connectivity index (χ1) is 13.2. The molecule has 4 nitrogen and oxygen atoms in total. The van der Waals surface area contributed by atoms with Crippen LogP contribution in [0.4, 0.5) is 0 Å². The second-order valence-electron chi connectivity index (χ2n) is 9.47. The second-order valence-corrected chi connectivity index (χ2v) is 9.47. The van der Waals surface area contributed by atoms with E-state index in [0.717, 1.165) is 30.4 Å². The van der Waals surface area contributed by atoms with Crippen LogP contribution < -0.4 is 10.4 Å². The largest absolute Gasteiger partial charge is 0.493 e. The Bertz CT molecular complexity index is 960. The van der Waals surface area contributed by atoms with Gasteiger partial charge in [0, 0.05) is 35.3 Å². The van der Waals surface area contributed by atoms with Crippen molar-refractivity contribution in [2.75, 3.05) is 6.61 Å². The summed E-state index contributed by atoms with van der Waals surface area (Å²) in [6, 6.07) is 8.86. The highest BCUT2D eigenvalue weighted by atomic mass is 16.5. The maximum atomic E-state index is 12.4. The Morgan fingerprint density at radius 1 is 1.11 bits per heavy atom. The normalized spacial score (nSPS) is 35.6. The molecule has 0 bridgehead atoms. The van der Waals surface area contributed by atoms with E-state index in [9.17, 15) is 9.59 Å². The van der Waals surface area contributed by atoms with Crippen molar-refractivity contribution in [3.05, 3.63) is 40.8 Å². The molecule has 0 spiro atoms. The number of hydrogen-bond donors (Lipinski definition) is 0. The molecule has 2 aliphatic carbocycles. The smallest absolute Gasteiger partial charge is 0.336 e. The zero-order chi connectivity index (χ0) is 20.1. The van der Waals surface area contributed by atoms with Crippen molar-refractivity contribution in [2.45, 2.75) is 53.4 Å². The molecule has 1 aromatic heterocycles. The number of benzene rings is 1. The highest BCUT2D eigenvalue weighted by Gasteiger charge is 2.57. The summed E-state index contributed by atoms with van der Waals surface area (Å²) in [6.07, 6.45) is 3.88. The standard InChI is InChI=1S/C24H30O4/c1-15-11-12-23(3)16(2)19(25)8-9-21(23)24(15,4)14-27-18-7-5-17-6-10-22(26)28-20(17)13-18/h5-7,10,13,15-16,21H,8-9,11-12,14H2,1-4H3/t15-,16+,21-,23-,24+/m0/s1.